The lowest BCUT2D eigenvalue weighted by atomic mass is 10.2. The third-order valence-corrected chi connectivity index (χ3v) is 4.15. The fourth-order valence-corrected chi connectivity index (χ4v) is 2.66. The number of thioether (sulfide) groups is 1. The third kappa shape index (κ3) is 4.02. The maximum atomic E-state index is 12.0. The molecule has 2 N–H and O–H groups in total. The molecule has 0 radical (unpaired) electrons. The molecule has 3 amide bonds. The zero-order chi connectivity index (χ0) is 17.7. The summed E-state index contributed by atoms with van der Waals surface area (Å²) in [6.07, 6.45) is 0. The Labute approximate surface area is 143 Å². The van der Waals surface area contributed by atoms with Gasteiger partial charge in [-0.05, 0) is 42.0 Å². The molecular weight excluding hydrogens is 332 g/mol. The highest BCUT2D eigenvalue weighted by Gasteiger charge is 2.21. The number of benzene rings is 1. The van der Waals surface area contributed by atoms with E-state index in [0.717, 1.165) is 17.3 Å². The fraction of sp³-hybridized carbons (Fsp3) is 0.357. The van der Waals surface area contributed by atoms with Crippen molar-refractivity contribution >= 4 is 23.7 Å². The Morgan fingerprint density at radius 1 is 1.38 bits per heavy atom. The molecule has 0 bridgehead atoms. The molecule has 0 saturated heterocycles. The minimum Gasteiger partial charge on any atom is -0.494 e. The number of hydrogen-bond acceptors (Lipinski definition) is 7. The van der Waals surface area contributed by atoms with Gasteiger partial charge in [0.2, 0.25) is 11.1 Å². The maximum Gasteiger partial charge on any atom is 0.321 e. The zero-order valence-electron chi connectivity index (χ0n) is 13.7. The smallest absolute Gasteiger partial charge is 0.321 e. The molecule has 0 saturated carbocycles. The van der Waals surface area contributed by atoms with Crippen molar-refractivity contribution in [3.05, 3.63) is 23.8 Å². The predicted octanol–water partition coefficient (Wildman–Crippen LogP) is 0.916. The summed E-state index contributed by atoms with van der Waals surface area (Å²) in [6.45, 7) is 3.61. The Morgan fingerprint density at radius 2 is 2.12 bits per heavy atom. The normalized spacial score (nSPS) is 11.7. The number of tetrazole rings is 1. The van der Waals surface area contributed by atoms with Gasteiger partial charge in [-0.15, -0.1) is 5.10 Å². The van der Waals surface area contributed by atoms with E-state index >= 15 is 0 Å². The van der Waals surface area contributed by atoms with Gasteiger partial charge in [-0.3, -0.25) is 10.1 Å². The molecule has 10 heteroatoms. The van der Waals surface area contributed by atoms with Crippen molar-refractivity contribution in [2.45, 2.75) is 24.3 Å². The van der Waals surface area contributed by atoms with Crippen molar-refractivity contribution in [3.63, 3.8) is 0 Å². The molecule has 0 aliphatic carbocycles. The number of carbonyl (C=O) groups is 2. The van der Waals surface area contributed by atoms with Crippen LogP contribution in [0.15, 0.2) is 23.4 Å². The van der Waals surface area contributed by atoms with Crippen molar-refractivity contribution in [2.24, 2.45) is 0 Å². The quantitative estimate of drug-likeness (QED) is 0.771. The van der Waals surface area contributed by atoms with Crippen LogP contribution in [-0.2, 0) is 4.79 Å². The summed E-state index contributed by atoms with van der Waals surface area (Å²) in [6, 6.07) is 5.06. The minimum absolute atomic E-state index is 0.415. The molecule has 0 unspecified atom stereocenters. The molecule has 0 aliphatic heterocycles. The molecule has 1 aromatic heterocycles. The van der Waals surface area contributed by atoms with Gasteiger partial charge in [-0.1, -0.05) is 17.8 Å². The lowest BCUT2D eigenvalue weighted by Gasteiger charge is -2.12. The summed E-state index contributed by atoms with van der Waals surface area (Å²) in [4.78, 5) is 23.2. The average molecular weight is 350 g/mol. The molecule has 1 atom stereocenters. The Kier molecular flexibility index (Phi) is 5.74. The monoisotopic (exact) mass is 350 g/mol. The number of imide groups is 1. The van der Waals surface area contributed by atoms with Gasteiger partial charge in [0.05, 0.1) is 12.4 Å². The van der Waals surface area contributed by atoms with E-state index in [-0.39, 0.29) is 0 Å². The van der Waals surface area contributed by atoms with Crippen LogP contribution in [0.2, 0.25) is 0 Å². The van der Waals surface area contributed by atoms with Gasteiger partial charge >= 0.3 is 6.03 Å². The van der Waals surface area contributed by atoms with Crippen LogP contribution < -0.4 is 15.4 Å². The molecule has 0 aliphatic rings. The minimum atomic E-state index is -0.567. The highest BCUT2D eigenvalue weighted by Crippen LogP contribution is 2.28. The Bertz CT molecular complexity index is 748. The molecule has 128 valence electrons. The zero-order valence-corrected chi connectivity index (χ0v) is 14.5. The summed E-state index contributed by atoms with van der Waals surface area (Å²) in [5, 5.41) is 16.0. The Morgan fingerprint density at radius 3 is 2.79 bits per heavy atom. The molecule has 24 heavy (non-hydrogen) atoms. The van der Waals surface area contributed by atoms with E-state index in [9.17, 15) is 9.59 Å². The molecule has 0 fully saturated rings. The number of methoxy groups -OCH3 is 1. The predicted molar refractivity (Wildman–Crippen MR) is 88.4 cm³/mol. The first-order valence-corrected chi connectivity index (χ1v) is 7.96. The van der Waals surface area contributed by atoms with E-state index in [2.05, 4.69) is 26.2 Å². The van der Waals surface area contributed by atoms with E-state index < -0.39 is 17.2 Å². The van der Waals surface area contributed by atoms with Gasteiger partial charge < -0.3 is 10.1 Å². The van der Waals surface area contributed by atoms with Gasteiger partial charge in [0.25, 0.3) is 0 Å². The van der Waals surface area contributed by atoms with Gasteiger partial charge in [-0.25, -0.2) is 4.79 Å². The summed E-state index contributed by atoms with van der Waals surface area (Å²) in [7, 11) is 3.00. The Hall–Kier alpha value is -2.62. The first kappa shape index (κ1) is 17.7. The van der Waals surface area contributed by atoms with E-state index in [1.54, 1.807) is 14.0 Å². The number of amides is 3. The largest absolute Gasteiger partial charge is 0.494 e. The summed E-state index contributed by atoms with van der Waals surface area (Å²) < 4.78 is 6.84. The van der Waals surface area contributed by atoms with Crippen LogP contribution in [0.5, 0.6) is 5.75 Å². The first-order chi connectivity index (χ1) is 11.5. The number of nitrogens with zero attached hydrogens (tertiary/aromatic N) is 4. The second-order valence-electron chi connectivity index (χ2n) is 4.88. The number of nitrogens with one attached hydrogen (secondary N) is 2. The average Bonchev–Trinajstić information content (AvgIpc) is 3.02. The molecule has 0 spiro atoms. The number of carbonyl (C=O) groups excluding carboxylic acids is 2. The summed E-state index contributed by atoms with van der Waals surface area (Å²) >= 11 is 1.14. The van der Waals surface area contributed by atoms with Crippen molar-refractivity contribution in [1.29, 1.82) is 0 Å². The molecular formula is C14H18N6O3S. The Balaban J connectivity index is 2.23. The molecule has 2 aromatic rings. The van der Waals surface area contributed by atoms with Crippen LogP contribution in [0.3, 0.4) is 0 Å². The van der Waals surface area contributed by atoms with Crippen LogP contribution in [0, 0.1) is 6.92 Å². The van der Waals surface area contributed by atoms with Crippen molar-refractivity contribution in [1.82, 2.24) is 30.8 Å². The summed E-state index contributed by atoms with van der Waals surface area (Å²) in [5.41, 5.74) is 1.69. The van der Waals surface area contributed by atoms with Crippen molar-refractivity contribution in [3.8, 4) is 11.4 Å². The second-order valence-corrected chi connectivity index (χ2v) is 6.18. The van der Waals surface area contributed by atoms with Gasteiger partial charge in [-0.2, -0.15) is 4.68 Å². The topological polar surface area (TPSA) is 111 Å². The number of aryl methyl sites for hydroxylation is 1. The molecule has 1 aromatic carbocycles. The number of ether oxygens (including phenoxy) is 1. The van der Waals surface area contributed by atoms with Gasteiger partial charge in [0, 0.05) is 7.05 Å². The van der Waals surface area contributed by atoms with Crippen molar-refractivity contribution in [2.75, 3.05) is 14.2 Å². The van der Waals surface area contributed by atoms with E-state index in [1.165, 1.54) is 11.7 Å². The fourth-order valence-electron chi connectivity index (χ4n) is 1.86. The van der Waals surface area contributed by atoms with Crippen LogP contribution in [0.25, 0.3) is 5.69 Å². The standard InChI is InChI=1S/C14H18N6O3S/c1-8-5-6-11(23-4)10(7-8)20-14(17-18-19-20)24-9(2)12(21)16-13(22)15-3/h5-7,9H,1-4H3,(H2,15,16,21,22)/t9-/m1/s1. The van der Waals surface area contributed by atoms with Crippen molar-refractivity contribution < 1.29 is 14.3 Å². The number of rotatable bonds is 5. The lowest BCUT2D eigenvalue weighted by Crippen LogP contribution is -2.41. The highest BCUT2D eigenvalue weighted by atomic mass is 32.2. The van der Waals surface area contributed by atoms with Crippen LogP contribution in [-0.4, -0.2) is 51.6 Å². The van der Waals surface area contributed by atoms with Crippen LogP contribution in [0.4, 0.5) is 4.79 Å². The first-order valence-electron chi connectivity index (χ1n) is 7.09. The number of aromatic nitrogens is 4. The van der Waals surface area contributed by atoms with Crippen LogP contribution in [0.1, 0.15) is 12.5 Å². The third-order valence-electron chi connectivity index (χ3n) is 3.12. The molecule has 9 nitrogen and oxygen atoms in total. The molecule has 1 heterocycles. The highest BCUT2D eigenvalue weighted by molar-refractivity contribution is 8.00. The SMILES string of the molecule is CNC(=O)NC(=O)[C@@H](C)Sc1nnnn1-c1cc(C)ccc1OC. The van der Waals surface area contributed by atoms with E-state index in [0.29, 0.717) is 16.6 Å². The second kappa shape index (κ2) is 7.77. The van der Waals surface area contributed by atoms with E-state index in [1.807, 2.05) is 25.1 Å². The van der Waals surface area contributed by atoms with Gasteiger partial charge in [0.1, 0.15) is 11.4 Å². The van der Waals surface area contributed by atoms with E-state index in [4.69, 9.17) is 4.74 Å². The number of urea groups is 1. The van der Waals surface area contributed by atoms with Gasteiger partial charge in [0.15, 0.2) is 0 Å². The summed E-state index contributed by atoms with van der Waals surface area (Å²) in [5.74, 6) is 0.169. The number of hydrogen-bond donors (Lipinski definition) is 2. The van der Waals surface area contributed by atoms with Crippen LogP contribution >= 0.6 is 11.8 Å². The maximum absolute atomic E-state index is 12.0. The molecule has 2 rings (SSSR count). The lowest BCUT2D eigenvalue weighted by molar-refractivity contribution is -0.119.